The Labute approximate surface area is 89.2 Å². The van der Waals surface area contributed by atoms with Gasteiger partial charge < -0.3 is 13.8 Å². The maximum absolute atomic E-state index is 11.6. The molecule has 2 rings (SSSR count). The van der Waals surface area contributed by atoms with Crippen LogP contribution in [0.5, 0.6) is 0 Å². The highest BCUT2D eigenvalue weighted by Crippen LogP contribution is 2.54. The van der Waals surface area contributed by atoms with Gasteiger partial charge in [-0.25, -0.2) is 0 Å². The van der Waals surface area contributed by atoms with Crippen molar-refractivity contribution in [1.82, 2.24) is 0 Å². The number of fused-ring (bicyclic) bond motifs is 1. The Morgan fingerprint density at radius 1 is 1.64 bits per heavy atom. The molecular weight excluding hydrogens is 225 g/mol. The zero-order valence-corrected chi connectivity index (χ0v) is 9.63. The lowest BCUT2D eigenvalue weighted by Gasteiger charge is -2.34. The van der Waals surface area contributed by atoms with E-state index in [2.05, 4.69) is 0 Å². The zero-order valence-electron chi connectivity index (χ0n) is 7.97. The van der Waals surface area contributed by atoms with E-state index in [0.717, 1.165) is 0 Å². The minimum absolute atomic E-state index is 0.217. The van der Waals surface area contributed by atoms with Crippen molar-refractivity contribution in [1.29, 1.82) is 0 Å². The maximum Gasteiger partial charge on any atom is 0.328 e. The fourth-order valence-electron chi connectivity index (χ4n) is 1.66. The summed E-state index contributed by atoms with van der Waals surface area (Å²) >= 11 is 6.17. The lowest BCUT2D eigenvalue weighted by molar-refractivity contribution is -0.0261. The van der Waals surface area contributed by atoms with Crippen LogP contribution >= 0.6 is 19.2 Å². The van der Waals surface area contributed by atoms with Crippen molar-refractivity contribution in [2.45, 2.75) is 30.0 Å². The highest BCUT2D eigenvalue weighted by atomic mass is 35.5. The van der Waals surface area contributed by atoms with Crippen molar-refractivity contribution in [3.05, 3.63) is 0 Å². The lowest BCUT2D eigenvalue weighted by Crippen LogP contribution is -2.44. The smallest absolute Gasteiger partial charge is 0.328 e. The lowest BCUT2D eigenvalue weighted by atomic mass is 9.85. The van der Waals surface area contributed by atoms with Crippen LogP contribution in [0.25, 0.3) is 0 Å². The highest BCUT2D eigenvalue weighted by molar-refractivity contribution is 7.53. The van der Waals surface area contributed by atoms with Gasteiger partial charge >= 0.3 is 7.60 Å². The molecule has 0 amide bonds. The maximum atomic E-state index is 11.6. The fraction of sp³-hybridized carbons (Fsp3) is 1.00. The van der Waals surface area contributed by atoms with Gasteiger partial charge in [0.05, 0.1) is 11.5 Å². The predicted molar refractivity (Wildman–Crippen MR) is 53.0 cm³/mol. The second-order valence-electron chi connectivity index (χ2n) is 3.84. The van der Waals surface area contributed by atoms with Crippen LogP contribution in [0.4, 0.5) is 0 Å². The molecule has 1 unspecified atom stereocenters. The fourth-order valence-corrected chi connectivity index (χ4v) is 3.21. The molecule has 0 bridgehead atoms. The van der Waals surface area contributed by atoms with Crippen LogP contribution < -0.4 is 0 Å². The SMILES string of the molecule is [B][C@@H]1O[C@@H]2COP(C)(=O)O[C@H]2[C@@]1(C)Cl. The summed E-state index contributed by atoms with van der Waals surface area (Å²) in [7, 11) is 2.70. The van der Waals surface area contributed by atoms with Crippen molar-refractivity contribution in [3.8, 4) is 0 Å². The minimum Gasteiger partial charge on any atom is -0.378 e. The molecule has 2 aliphatic heterocycles. The summed E-state index contributed by atoms with van der Waals surface area (Å²) < 4.78 is 27.2. The van der Waals surface area contributed by atoms with Crippen LogP contribution in [0.1, 0.15) is 6.92 Å². The quantitative estimate of drug-likeness (QED) is 0.359. The average Bonchev–Trinajstić information content (AvgIpc) is 2.26. The second-order valence-corrected chi connectivity index (χ2v) is 6.67. The van der Waals surface area contributed by atoms with Gasteiger partial charge in [-0.05, 0) is 6.92 Å². The Hall–Kier alpha value is 0.465. The third-order valence-electron chi connectivity index (χ3n) is 2.55. The van der Waals surface area contributed by atoms with Crippen LogP contribution in [-0.2, 0) is 18.3 Å². The van der Waals surface area contributed by atoms with Gasteiger partial charge in [-0.2, -0.15) is 0 Å². The topological polar surface area (TPSA) is 44.8 Å². The summed E-state index contributed by atoms with van der Waals surface area (Å²) in [4.78, 5) is -0.847. The third-order valence-corrected chi connectivity index (χ3v) is 4.21. The van der Waals surface area contributed by atoms with Crippen molar-refractivity contribution in [2.24, 2.45) is 0 Å². The summed E-state index contributed by atoms with van der Waals surface area (Å²) in [5.41, 5.74) is 0. The average molecular weight is 236 g/mol. The molecule has 2 heterocycles. The number of ether oxygens (including phenoxy) is 1. The number of halogens is 1. The molecule has 0 spiro atoms. The molecule has 2 saturated heterocycles. The van der Waals surface area contributed by atoms with Gasteiger partial charge in [0.2, 0.25) is 0 Å². The van der Waals surface area contributed by atoms with E-state index in [-0.39, 0.29) is 12.7 Å². The molecule has 0 aromatic heterocycles. The Balaban J connectivity index is 2.23. The standard InChI is InChI=1S/C7H11BClO4P/c1-7(9)5-4(12-6(7)8)3-11-14(2,10)13-5/h4-6H,3H2,1-2H3/t4-,5-,6-,7-,14?/m1/s1. The molecule has 0 aliphatic carbocycles. The first kappa shape index (κ1) is 11.0. The van der Waals surface area contributed by atoms with E-state index in [9.17, 15) is 4.57 Å². The van der Waals surface area contributed by atoms with Crippen molar-refractivity contribution >= 4 is 27.0 Å². The molecule has 0 aromatic carbocycles. The Bertz CT molecular complexity index is 297. The molecule has 14 heavy (non-hydrogen) atoms. The highest BCUT2D eigenvalue weighted by Gasteiger charge is 2.55. The van der Waals surface area contributed by atoms with E-state index in [1.54, 1.807) is 6.92 Å². The second kappa shape index (κ2) is 3.23. The molecular formula is C7H11BClO4P. The van der Waals surface area contributed by atoms with Gasteiger partial charge in [0.15, 0.2) is 0 Å². The Morgan fingerprint density at radius 2 is 2.29 bits per heavy atom. The first-order chi connectivity index (χ1) is 6.33. The predicted octanol–water partition coefficient (Wildman–Crippen LogP) is 1.12. The Morgan fingerprint density at radius 3 is 2.93 bits per heavy atom. The minimum atomic E-state index is -2.98. The van der Waals surface area contributed by atoms with Crippen LogP contribution in [0.2, 0.25) is 0 Å². The summed E-state index contributed by atoms with van der Waals surface area (Å²) in [6, 6.07) is -0.624. The molecule has 2 aliphatic rings. The molecule has 78 valence electrons. The van der Waals surface area contributed by atoms with Crippen LogP contribution in [0.15, 0.2) is 0 Å². The van der Waals surface area contributed by atoms with Crippen LogP contribution in [0, 0.1) is 0 Å². The number of hydrogen-bond donors (Lipinski definition) is 0. The molecule has 0 N–H and O–H groups in total. The van der Waals surface area contributed by atoms with Crippen molar-refractivity contribution in [3.63, 3.8) is 0 Å². The van der Waals surface area contributed by atoms with Gasteiger partial charge in [-0.3, -0.25) is 4.57 Å². The molecule has 7 heteroatoms. The molecule has 2 fully saturated rings. The summed E-state index contributed by atoms with van der Waals surface area (Å²) in [5.74, 6) is 0. The van der Waals surface area contributed by atoms with E-state index in [1.165, 1.54) is 6.66 Å². The molecule has 0 aromatic rings. The van der Waals surface area contributed by atoms with Crippen LogP contribution in [-0.4, -0.2) is 44.2 Å². The number of alkyl halides is 1. The summed E-state index contributed by atoms with van der Waals surface area (Å²) in [5, 5.41) is 0. The first-order valence-electron chi connectivity index (χ1n) is 4.33. The van der Waals surface area contributed by atoms with Crippen molar-refractivity contribution < 1.29 is 18.3 Å². The monoisotopic (exact) mass is 236 g/mol. The summed E-state index contributed by atoms with van der Waals surface area (Å²) in [6.07, 6.45) is -0.793. The van der Waals surface area contributed by atoms with E-state index in [1.807, 2.05) is 0 Å². The van der Waals surface area contributed by atoms with Crippen molar-refractivity contribution in [2.75, 3.05) is 13.3 Å². The zero-order chi connectivity index (χ0) is 10.6. The first-order valence-corrected chi connectivity index (χ1v) is 6.70. The van der Waals surface area contributed by atoms with Gasteiger partial charge in [-0.1, -0.05) is 0 Å². The molecule has 4 nitrogen and oxygen atoms in total. The van der Waals surface area contributed by atoms with Crippen LogP contribution in [0.3, 0.4) is 0 Å². The third kappa shape index (κ3) is 1.65. The van der Waals surface area contributed by atoms with E-state index < -0.39 is 24.6 Å². The van der Waals surface area contributed by atoms with Gasteiger partial charge in [0, 0.05) is 12.7 Å². The van der Waals surface area contributed by atoms with E-state index in [0.29, 0.717) is 0 Å². The summed E-state index contributed by atoms with van der Waals surface area (Å²) in [6.45, 7) is 3.35. The number of rotatable bonds is 0. The number of hydrogen-bond acceptors (Lipinski definition) is 4. The van der Waals surface area contributed by atoms with Gasteiger partial charge in [-0.15, -0.1) is 11.6 Å². The molecule has 2 radical (unpaired) electrons. The normalized spacial score (nSPS) is 58.4. The van der Waals surface area contributed by atoms with Gasteiger partial charge in [0.25, 0.3) is 0 Å². The molecule has 5 atom stereocenters. The largest absolute Gasteiger partial charge is 0.378 e. The van der Waals surface area contributed by atoms with E-state index >= 15 is 0 Å². The van der Waals surface area contributed by atoms with Gasteiger partial charge in [0.1, 0.15) is 20.1 Å². The molecule has 0 saturated carbocycles. The Kier molecular flexibility index (Phi) is 2.53. The van der Waals surface area contributed by atoms with E-state index in [4.69, 9.17) is 33.2 Å².